The fourth-order valence-corrected chi connectivity index (χ4v) is 2.35. The van der Waals surface area contributed by atoms with Crippen LogP contribution in [0, 0.1) is 0 Å². The normalized spacial score (nSPS) is 18.4. The first-order valence-corrected chi connectivity index (χ1v) is 6.86. The first-order chi connectivity index (χ1) is 9.93. The van der Waals surface area contributed by atoms with Crippen LogP contribution in [0.25, 0.3) is 0 Å². The predicted octanol–water partition coefficient (Wildman–Crippen LogP) is 0.630. The molecule has 6 nitrogen and oxygen atoms in total. The second-order valence-electron chi connectivity index (χ2n) is 5.21. The molecule has 1 atom stereocenters. The number of hydrogen-bond donors (Lipinski definition) is 1. The number of carbonyl (C=O) groups is 3. The van der Waals surface area contributed by atoms with E-state index in [1.165, 1.54) is 4.90 Å². The maximum Gasteiger partial charge on any atom is 0.255 e. The van der Waals surface area contributed by atoms with Crippen LogP contribution < -0.4 is 10.2 Å². The van der Waals surface area contributed by atoms with Crippen molar-refractivity contribution in [1.29, 1.82) is 0 Å². The minimum absolute atomic E-state index is 0.0848. The molecule has 0 radical (unpaired) electrons. The first kappa shape index (κ1) is 15.0. The monoisotopic (exact) mass is 289 g/mol. The average molecular weight is 289 g/mol. The second-order valence-corrected chi connectivity index (χ2v) is 5.21. The molecule has 1 N–H and O–H groups in total. The lowest BCUT2D eigenvalue weighted by molar-refractivity contribution is -0.138. The Kier molecular flexibility index (Phi) is 4.26. The number of amides is 3. The summed E-state index contributed by atoms with van der Waals surface area (Å²) in [6, 6.07) is 6.49. The number of hydrogen-bond acceptors (Lipinski definition) is 4. The molecular formula is C15H19N3O3. The van der Waals surface area contributed by atoms with Gasteiger partial charge >= 0.3 is 0 Å². The summed E-state index contributed by atoms with van der Waals surface area (Å²) in [5.74, 6) is -1.15. The molecular weight excluding hydrogens is 270 g/mol. The third-order valence-corrected chi connectivity index (χ3v) is 3.53. The Hall–Kier alpha value is -2.37. The Morgan fingerprint density at radius 3 is 2.43 bits per heavy atom. The Morgan fingerprint density at radius 2 is 1.90 bits per heavy atom. The summed E-state index contributed by atoms with van der Waals surface area (Å²) in [5, 5.41) is 2.26. The lowest BCUT2D eigenvalue weighted by Gasteiger charge is -2.33. The van der Waals surface area contributed by atoms with Gasteiger partial charge < -0.3 is 9.80 Å². The topological polar surface area (TPSA) is 69.7 Å². The van der Waals surface area contributed by atoms with Gasteiger partial charge in [0.25, 0.3) is 5.91 Å². The van der Waals surface area contributed by atoms with Gasteiger partial charge in [-0.3, -0.25) is 19.7 Å². The van der Waals surface area contributed by atoms with Gasteiger partial charge in [0.1, 0.15) is 12.6 Å². The fourth-order valence-electron chi connectivity index (χ4n) is 2.35. The van der Waals surface area contributed by atoms with E-state index in [1.807, 2.05) is 38.1 Å². The van der Waals surface area contributed by atoms with Gasteiger partial charge in [0.15, 0.2) is 0 Å². The number of rotatable bonds is 3. The molecule has 0 aliphatic carbocycles. The minimum atomic E-state index is -0.594. The van der Waals surface area contributed by atoms with Crippen molar-refractivity contribution in [3.63, 3.8) is 0 Å². The van der Waals surface area contributed by atoms with Gasteiger partial charge in [-0.25, -0.2) is 0 Å². The van der Waals surface area contributed by atoms with Crippen molar-refractivity contribution in [2.45, 2.75) is 19.4 Å². The van der Waals surface area contributed by atoms with Gasteiger partial charge in [0, 0.05) is 25.3 Å². The molecule has 1 saturated heterocycles. The zero-order chi connectivity index (χ0) is 15.6. The van der Waals surface area contributed by atoms with Crippen LogP contribution in [-0.2, 0) is 9.59 Å². The Labute approximate surface area is 123 Å². The van der Waals surface area contributed by atoms with Gasteiger partial charge in [0.2, 0.25) is 11.8 Å². The molecule has 0 spiro atoms. The van der Waals surface area contributed by atoms with Crippen molar-refractivity contribution in [1.82, 2.24) is 10.2 Å². The molecule has 1 unspecified atom stereocenters. The molecule has 0 bridgehead atoms. The van der Waals surface area contributed by atoms with E-state index in [9.17, 15) is 14.4 Å². The molecule has 1 aromatic rings. The maximum absolute atomic E-state index is 12.5. The van der Waals surface area contributed by atoms with Crippen LogP contribution in [0.4, 0.5) is 5.69 Å². The van der Waals surface area contributed by atoms with Crippen LogP contribution in [0.1, 0.15) is 23.7 Å². The van der Waals surface area contributed by atoms with Crippen LogP contribution in [0.2, 0.25) is 0 Å². The summed E-state index contributed by atoms with van der Waals surface area (Å²) in [5.41, 5.74) is 1.45. The molecule has 0 aromatic heterocycles. The Bertz CT molecular complexity index is 566. The van der Waals surface area contributed by atoms with Crippen LogP contribution in [-0.4, -0.2) is 49.3 Å². The lowest BCUT2D eigenvalue weighted by Crippen LogP contribution is -2.59. The van der Waals surface area contributed by atoms with Crippen molar-refractivity contribution >= 4 is 23.4 Å². The molecule has 2 rings (SSSR count). The number of nitrogens with zero attached hydrogens (tertiary/aromatic N) is 2. The summed E-state index contributed by atoms with van der Waals surface area (Å²) in [7, 11) is 3.83. The van der Waals surface area contributed by atoms with Crippen molar-refractivity contribution in [2.24, 2.45) is 0 Å². The lowest BCUT2D eigenvalue weighted by atomic mass is 10.1. The van der Waals surface area contributed by atoms with Crippen molar-refractivity contribution in [2.75, 3.05) is 25.5 Å². The highest BCUT2D eigenvalue weighted by atomic mass is 16.2. The van der Waals surface area contributed by atoms with Gasteiger partial charge in [-0.15, -0.1) is 0 Å². The number of nitrogens with one attached hydrogen (secondary N) is 1. The van der Waals surface area contributed by atoms with E-state index in [0.717, 1.165) is 5.69 Å². The van der Waals surface area contributed by atoms with Crippen LogP contribution in [0.15, 0.2) is 24.3 Å². The minimum Gasteiger partial charge on any atom is -0.378 e. The van der Waals surface area contributed by atoms with E-state index in [0.29, 0.717) is 12.0 Å². The van der Waals surface area contributed by atoms with E-state index in [4.69, 9.17) is 0 Å². The third kappa shape index (κ3) is 3.04. The third-order valence-electron chi connectivity index (χ3n) is 3.53. The molecule has 1 fully saturated rings. The Morgan fingerprint density at radius 1 is 1.29 bits per heavy atom. The van der Waals surface area contributed by atoms with Gasteiger partial charge in [-0.2, -0.15) is 0 Å². The predicted molar refractivity (Wildman–Crippen MR) is 79.0 cm³/mol. The molecule has 1 aliphatic heterocycles. The highest BCUT2D eigenvalue weighted by molar-refractivity contribution is 6.07. The van der Waals surface area contributed by atoms with Gasteiger partial charge in [0.05, 0.1) is 0 Å². The first-order valence-electron chi connectivity index (χ1n) is 6.86. The summed E-state index contributed by atoms with van der Waals surface area (Å²) in [6.07, 6.45) is 0.473. The number of piperazine rings is 1. The highest BCUT2D eigenvalue weighted by Crippen LogP contribution is 2.17. The number of anilines is 1. The largest absolute Gasteiger partial charge is 0.378 e. The molecule has 21 heavy (non-hydrogen) atoms. The molecule has 112 valence electrons. The van der Waals surface area contributed by atoms with Gasteiger partial charge in [-0.1, -0.05) is 6.92 Å². The fraction of sp³-hybridized carbons (Fsp3) is 0.400. The summed E-state index contributed by atoms with van der Waals surface area (Å²) < 4.78 is 0. The van der Waals surface area contributed by atoms with E-state index in [1.54, 1.807) is 12.1 Å². The standard InChI is InChI=1S/C15H19N3O3/c1-4-12-14(20)16-13(19)9-18(12)15(21)10-5-7-11(8-6-10)17(2)3/h5-8,12H,4,9H2,1-3H3,(H,16,19,20). The van der Waals surface area contributed by atoms with Crippen LogP contribution in [0.3, 0.4) is 0 Å². The van der Waals surface area contributed by atoms with E-state index in [-0.39, 0.29) is 12.5 Å². The van der Waals surface area contributed by atoms with Crippen molar-refractivity contribution in [3.8, 4) is 0 Å². The van der Waals surface area contributed by atoms with Gasteiger partial charge in [-0.05, 0) is 30.7 Å². The highest BCUT2D eigenvalue weighted by Gasteiger charge is 2.35. The van der Waals surface area contributed by atoms with Crippen molar-refractivity contribution in [3.05, 3.63) is 29.8 Å². The van der Waals surface area contributed by atoms with E-state index >= 15 is 0 Å². The SMILES string of the molecule is CCC1C(=O)NC(=O)CN1C(=O)c1ccc(N(C)C)cc1. The zero-order valence-electron chi connectivity index (χ0n) is 12.4. The maximum atomic E-state index is 12.5. The average Bonchev–Trinajstić information content (AvgIpc) is 2.46. The molecule has 0 saturated carbocycles. The second kappa shape index (κ2) is 5.95. The number of imide groups is 1. The van der Waals surface area contributed by atoms with E-state index < -0.39 is 17.9 Å². The quantitative estimate of drug-likeness (QED) is 0.829. The molecule has 1 heterocycles. The summed E-state index contributed by atoms with van der Waals surface area (Å²) in [6.45, 7) is 1.73. The summed E-state index contributed by atoms with van der Waals surface area (Å²) in [4.78, 5) is 39.1. The zero-order valence-corrected chi connectivity index (χ0v) is 12.4. The molecule has 6 heteroatoms. The van der Waals surface area contributed by atoms with Crippen molar-refractivity contribution < 1.29 is 14.4 Å². The Balaban J connectivity index is 2.24. The molecule has 3 amide bonds. The number of benzene rings is 1. The van der Waals surface area contributed by atoms with Crippen LogP contribution in [0.5, 0.6) is 0 Å². The molecule has 1 aliphatic rings. The molecule has 1 aromatic carbocycles. The van der Waals surface area contributed by atoms with Crippen LogP contribution >= 0.6 is 0 Å². The summed E-state index contributed by atoms with van der Waals surface area (Å²) >= 11 is 0. The number of carbonyl (C=O) groups excluding carboxylic acids is 3. The van der Waals surface area contributed by atoms with E-state index in [2.05, 4.69) is 5.32 Å². The smallest absolute Gasteiger partial charge is 0.255 e.